The number of carbonyl (C=O) groups is 2. The summed E-state index contributed by atoms with van der Waals surface area (Å²) in [6.07, 6.45) is 0.859. The van der Waals surface area contributed by atoms with Crippen molar-refractivity contribution in [3.63, 3.8) is 0 Å². The summed E-state index contributed by atoms with van der Waals surface area (Å²) in [7, 11) is 0. The van der Waals surface area contributed by atoms with E-state index in [9.17, 15) is 9.59 Å². The molecule has 6 heteroatoms. The Balaban J connectivity index is 1.46. The molecule has 1 aliphatic heterocycles. The zero-order chi connectivity index (χ0) is 18.8. The molecule has 0 saturated heterocycles. The van der Waals surface area contributed by atoms with Crippen molar-refractivity contribution in [3.8, 4) is 0 Å². The highest BCUT2D eigenvalue weighted by atomic mass is 32.1. The summed E-state index contributed by atoms with van der Waals surface area (Å²) in [6, 6.07) is 20.5. The van der Waals surface area contributed by atoms with Crippen molar-refractivity contribution in [2.75, 3.05) is 15.5 Å². The lowest BCUT2D eigenvalue weighted by Crippen LogP contribution is -2.35. The van der Waals surface area contributed by atoms with Crippen molar-refractivity contribution in [1.82, 2.24) is 0 Å². The highest BCUT2D eigenvalue weighted by molar-refractivity contribution is 7.18. The van der Waals surface area contributed by atoms with Crippen LogP contribution in [0.15, 0.2) is 66.7 Å². The van der Waals surface area contributed by atoms with Gasteiger partial charge in [-0.2, -0.15) is 0 Å². The number of rotatable bonds is 3. The standard InChI is InChI=1S/C21H19N3O2S/c1-14-13-15-7-5-6-10-17(15)24(14)20(25)18-11-12-19(27-18)23-21(26)22-16-8-3-2-4-9-16/h2-12,14H,13H2,1H3,(H2,22,23,26). The second-order valence-electron chi connectivity index (χ2n) is 6.47. The van der Waals surface area contributed by atoms with Gasteiger partial charge < -0.3 is 10.2 Å². The van der Waals surface area contributed by atoms with Gasteiger partial charge in [0.15, 0.2) is 0 Å². The predicted octanol–water partition coefficient (Wildman–Crippen LogP) is 4.98. The van der Waals surface area contributed by atoms with Crippen molar-refractivity contribution in [2.45, 2.75) is 19.4 Å². The molecule has 1 aliphatic rings. The molecule has 3 amide bonds. The number of urea groups is 1. The van der Waals surface area contributed by atoms with Crippen LogP contribution in [0.2, 0.25) is 0 Å². The summed E-state index contributed by atoms with van der Waals surface area (Å²) in [6.45, 7) is 2.05. The number of thiophene rings is 1. The molecule has 0 saturated carbocycles. The van der Waals surface area contributed by atoms with Crippen LogP contribution in [-0.4, -0.2) is 18.0 Å². The van der Waals surface area contributed by atoms with E-state index in [2.05, 4.69) is 23.6 Å². The number of nitrogens with one attached hydrogen (secondary N) is 2. The first-order chi connectivity index (χ1) is 13.1. The number of hydrogen-bond acceptors (Lipinski definition) is 3. The van der Waals surface area contributed by atoms with Crippen LogP contribution in [0.1, 0.15) is 22.2 Å². The summed E-state index contributed by atoms with van der Waals surface area (Å²) in [5.74, 6) is -0.0334. The van der Waals surface area contributed by atoms with E-state index in [0.29, 0.717) is 15.6 Å². The van der Waals surface area contributed by atoms with Crippen LogP contribution >= 0.6 is 11.3 Å². The number of anilines is 3. The largest absolute Gasteiger partial charge is 0.324 e. The lowest BCUT2D eigenvalue weighted by Gasteiger charge is -2.21. The van der Waals surface area contributed by atoms with Gasteiger partial charge in [-0.3, -0.25) is 10.1 Å². The van der Waals surface area contributed by atoms with Gasteiger partial charge in [-0.1, -0.05) is 36.4 Å². The van der Waals surface area contributed by atoms with Gasteiger partial charge in [0.1, 0.15) is 0 Å². The smallest absolute Gasteiger partial charge is 0.308 e. The molecule has 3 aromatic rings. The topological polar surface area (TPSA) is 61.4 Å². The van der Waals surface area contributed by atoms with Crippen molar-refractivity contribution in [3.05, 3.63) is 77.2 Å². The van der Waals surface area contributed by atoms with Crippen molar-refractivity contribution in [2.24, 2.45) is 0 Å². The first-order valence-corrected chi connectivity index (χ1v) is 9.58. The van der Waals surface area contributed by atoms with Crippen LogP contribution < -0.4 is 15.5 Å². The van der Waals surface area contributed by atoms with Crippen molar-refractivity contribution < 1.29 is 9.59 Å². The molecule has 0 aliphatic carbocycles. The number of carbonyl (C=O) groups excluding carboxylic acids is 2. The molecule has 1 atom stereocenters. The van der Waals surface area contributed by atoms with E-state index < -0.39 is 0 Å². The second kappa shape index (κ2) is 7.25. The summed E-state index contributed by atoms with van der Waals surface area (Å²) in [5.41, 5.74) is 2.88. The second-order valence-corrected chi connectivity index (χ2v) is 7.55. The fourth-order valence-corrected chi connectivity index (χ4v) is 4.15. The predicted molar refractivity (Wildman–Crippen MR) is 110 cm³/mol. The van der Waals surface area contributed by atoms with Crippen molar-refractivity contribution in [1.29, 1.82) is 0 Å². The molecule has 27 heavy (non-hydrogen) atoms. The fraction of sp³-hybridized carbons (Fsp3) is 0.143. The molecule has 0 radical (unpaired) electrons. The van der Waals surface area contributed by atoms with E-state index in [4.69, 9.17) is 0 Å². The maximum absolute atomic E-state index is 13.0. The SMILES string of the molecule is CC1Cc2ccccc2N1C(=O)c1ccc(NC(=O)Nc2ccccc2)s1. The summed E-state index contributed by atoms with van der Waals surface area (Å²) in [4.78, 5) is 27.6. The summed E-state index contributed by atoms with van der Waals surface area (Å²) < 4.78 is 0. The fourth-order valence-electron chi connectivity index (χ4n) is 3.31. The minimum Gasteiger partial charge on any atom is -0.308 e. The lowest BCUT2D eigenvalue weighted by molar-refractivity contribution is 0.0985. The van der Waals surface area contributed by atoms with Gasteiger partial charge in [-0.25, -0.2) is 4.79 Å². The van der Waals surface area contributed by atoms with Crippen LogP contribution in [-0.2, 0) is 6.42 Å². The van der Waals surface area contributed by atoms with Gasteiger partial charge in [-0.15, -0.1) is 11.3 Å². The van der Waals surface area contributed by atoms with E-state index in [0.717, 1.165) is 12.1 Å². The first-order valence-electron chi connectivity index (χ1n) is 8.76. The lowest BCUT2D eigenvalue weighted by atomic mass is 10.1. The molecule has 1 aromatic heterocycles. The van der Waals surface area contributed by atoms with Crippen LogP contribution in [0.3, 0.4) is 0 Å². The first kappa shape index (κ1) is 17.3. The molecule has 136 valence electrons. The summed E-state index contributed by atoms with van der Waals surface area (Å²) >= 11 is 1.28. The zero-order valence-corrected chi connectivity index (χ0v) is 15.6. The van der Waals surface area contributed by atoms with Crippen LogP contribution in [0.4, 0.5) is 21.2 Å². The average Bonchev–Trinajstić information content (AvgIpc) is 3.25. The number of para-hydroxylation sites is 2. The molecular formula is C21H19N3O2S. The Morgan fingerprint density at radius 3 is 2.52 bits per heavy atom. The Morgan fingerprint density at radius 1 is 0.963 bits per heavy atom. The van der Waals surface area contributed by atoms with E-state index in [-0.39, 0.29) is 18.0 Å². The van der Waals surface area contributed by atoms with Crippen molar-refractivity contribution >= 4 is 39.7 Å². The monoisotopic (exact) mass is 377 g/mol. The van der Waals surface area contributed by atoms with Gasteiger partial charge >= 0.3 is 6.03 Å². The highest BCUT2D eigenvalue weighted by Gasteiger charge is 2.31. The van der Waals surface area contributed by atoms with E-state index in [1.54, 1.807) is 12.1 Å². The molecule has 0 fully saturated rings. The van der Waals surface area contributed by atoms with Gasteiger partial charge in [0, 0.05) is 17.4 Å². The van der Waals surface area contributed by atoms with Crippen LogP contribution in [0.25, 0.3) is 0 Å². The number of benzene rings is 2. The Hall–Kier alpha value is -3.12. The van der Waals surface area contributed by atoms with E-state index in [1.807, 2.05) is 53.4 Å². The Labute approximate surface area is 161 Å². The molecule has 1 unspecified atom stereocenters. The third-order valence-electron chi connectivity index (χ3n) is 4.51. The minimum atomic E-state index is -0.332. The normalized spacial score (nSPS) is 15.3. The molecular weight excluding hydrogens is 358 g/mol. The number of nitrogens with zero attached hydrogens (tertiary/aromatic N) is 1. The number of fused-ring (bicyclic) bond motifs is 1. The van der Waals surface area contributed by atoms with Gasteiger partial charge in [0.05, 0.1) is 9.88 Å². The van der Waals surface area contributed by atoms with Gasteiger partial charge in [0.2, 0.25) is 0 Å². The maximum Gasteiger partial charge on any atom is 0.324 e. The van der Waals surface area contributed by atoms with Gasteiger partial charge in [-0.05, 0) is 49.2 Å². The quantitative estimate of drug-likeness (QED) is 0.676. The third-order valence-corrected chi connectivity index (χ3v) is 5.50. The Kier molecular flexibility index (Phi) is 4.64. The van der Waals surface area contributed by atoms with Gasteiger partial charge in [0.25, 0.3) is 5.91 Å². The zero-order valence-electron chi connectivity index (χ0n) is 14.8. The van der Waals surface area contributed by atoms with E-state index >= 15 is 0 Å². The molecule has 0 bridgehead atoms. The number of hydrogen-bond donors (Lipinski definition) is 2. The van der Waals surface area contributed by atoms with Crippen LogP contribution in [0.5, 0.6) is 0 Å². The molecule has 2 N–H and O–H groups in total. The minimum absolute atomic E-state index is 0.0334. The third kappa shape index (κ3) is 3.57. The average molecular weight is 377 g/mol. The van der Waals surface area contributed by atoms with Crippen LogP contribution in [0, 0.1) is 0 Å². The molecule has 4 rings (SSSR count). The maximum atomic E-state index is 13.0. The van der Waals surface area contributed by atoms with E-state index in [1.165, 1.54) is 16.9 Å². The molecule has 2 aromatic carbocycles. The molecule has 2 heterocycles. The molecule has 5 nitrogen and oxygen atoms in total. The highest BCUT2D eigenvalue weighted by Crippen LogP contribution is 2.34. The molecule has 0 spiro atoms. The Morgan fingerprint density at radius 2 is 1.70 bits per heavy atom. The Bertz CT molecular complexity index is 984. The summed E-state index contributed by atoms with van der Waals surface area (Å²) in [5, 5.41) is 6.18. The number of amides is 3.